The fraction of sp³-hybridized carbons (Fsp3) is 0.500. The van der Waals surface area contributed by atoms with Crippen LogP contribution in [-0.4, -0.2) is 99.5 Å². The van der Waals surface area contributed by atoms with Crippen molar-refractivity contribution in [1.82, 2.24) is 19.8 Å². The molecule has 13 nitrogen and oxygen atoms in total. The number of ether oxygens (including phenoxy) is 4. The average molecular weight is 542 g/mol. The summed E-state index contributed by atoms with van der Waals surface area (Å²) < 4.78 is 21.8. The Labute approximate surface area is 228 Å². The number of likely N-dealkylation sites (N-methyl/N-ethyl adjacent to an activating group) is 1. The Balaban J connectivity index is 1.81. The maximum Gasteiger partial charge on any atom is 0.328 e. The number of pyridine rings is 2. The van der Waals surface area contributed by atoms with Gasteiger partial charge in [0.1, 0.15) is 40.8 Å². The van der Waals surface area contributed by atoms with Gasteiger partial charge in [-0.05, 0) is 25.6 Å². The van der Waals surface area contributed by atoms with E-state index in [1.165, 1.54) is 31.4 Å². The molecule has 0 unspecified atom stereocenters. The van der Waals surface area contributed by atoms with E-state index in [0.717, 1.165) is 12.1 Å². The van der Waals surface area contributed by atoms with Crippen LogP contribution >= 0.6 is 0 Å². The smallest absolute Gasteiger partial charge is 0.328 e. The average Bonchev–Trinajstić information content (AvgIpc) is 2.91. The number of methoxy groups -OCH3 is 3. The minimum Gasteiger partial charge on any atom is -0.487 e. The number of hydrogen-bond acceptors (Lipinski definition) is 10. The van der Waals surface area contributed by atoms with E-state index in [-0.39, 0.29) is 29.1 Å². The first-order chi connectivity index (χ1) is 18.7. The number of piperazine rings is 1. The second-order valence-corrected chi connectivity index (χ2v) is 9.12. The van der Waals surface area contributed by atoms with Crippen LogP contribution in [0.5, 0.6) is 5.75 Å². The molecule has 1 aliphatic heterocycles. The zero-order chi connectivity index (χ0) is 28.5. The highest BCUT2D eigenvalue weighted by atomic mass is 16.7. The number of anilines is 2. The van der Waals surface area contributed by atoms with Crippen LogP contribution in [0.4, 0.5) is 16.4 Å². The largest absolute Gasteiger partial charge is 0.487 e. The Morgan fingerprint density at radius 3 is 2.64 bits per heavy atom. The molecule has 3 heterocycles. The summed E-state index contributed by atoms with van der Waals surface area (Å²) >= 11 is 0. The zero-order valence-corrected chi connectivity index (χ0v) is 23.1. The molecule has 210 valence electrons. The van der Waals surface area contributed by atoms with Gasteiger partial charge in [0.05, 0.1) is 19.3 Å². The molecule has 0 bridgehead atoms. The number of nitriles is 1. The molecule has 3 amide bonds. The maximum atomic E-state index is 13.1. The third-order valence-corrected chi connectivity index (χ3v) is 6.12. The molecule has 2 aromatic heterocycles. The monoisotopic (exact) mass is 541 g/mol. The third kappa shape index (κ3) is 7.61. The van der Waals surface area contributed by atoms with Gasteiger partial charge < -0.3 is 23.8 Å². The predicted molar refractivity (Wildman–Crippen MR) is 142 cm³/mol. The highest BCUT2D eigenvalue weighted by Gasteiger charge is 2.26. The minimum atomic E-state index is -0.798. The summed E-state index contributed by atoms with van der Waals surface area (Å²) in [5.74, 6) is 0.828. The molecule has 1 N–H and O–H groups in total. The van der Waals surface area contributed by atoms with Crippen LogP contribution in [-0.2, 0) is 25.5 Å². The summed E-state index contributed by atoms with van der Waals surface area (Å²) in [7, 11) is 8.01. The number of carbonyl (C=O) groups is 2. The third-order valence-electron chi connectivity index (χ3n) is 6.12. The number of hydrogen-bond donors (Lipinski definition) is 1. The summed E-state index contributed by atoms with van der Waals surface area (Å²) in [4.78, 5) is 39.5. The number of nitrogens with one attached hydrogen (secondary N) is 1. The fourth-order valence-corrected chi connectivity index (χ4v) is 4.01. The summed E-state index contributed by atoms with van der Waals surface area (Å²) in [5, 5.41) is 12.1. The molecule has 13 heteroatoms. The van der Waals surface area contributed by atoms with Gasteiger partial charge in [0.15, 0.2) is 0 Å². The van der Waals surface area contributed by atoms with Gasteiger partial charge in [-0.3, -0.25) is 19.9 Å². The fourth-order valence-electron chi connectivity index (χ4n) is 4.01. The first kappa shape index (κ1) is 29.7. The van der Waals surface area contributed by atoms with Crippen molar-refractivity contribution in [3.63, 3.8) is 0 Å². The molecule has 2 aromatic rings. The lowest BCUT2D eigenvalue weighted by Crippen LogP contribution is -2.48. The van der Waals surface area contributed by atoms with Crippen molar-refractivity contribution in [2.45, 2.75) is 25.9 Å². The Kier molecular flexibility index (Phi) is 10.5. The molecule has 0 saturated carbocycles. The van der Waals surface area contributed by atoms with E-state index >= 15 is 0 Å². The van der Waals surface area contributed by atoms with Crippen molar-refractivity contribution in [3.05, 3.63) is 41.2 Å². The van der Waals surface area contributed by atoms with E-state index in [2.05, 4.69) is 15.3 Å². The van der Waals surface area contributed by atoms with E-state index in [9.17, 15) is 14.9 Å². The second kappa shape index (κ2) is 13.8. The van der Waals surface area contributed by atoms with Crippen LogP contribution in [0, 0.1) is 11.3 Å². The summed E-state index contributed by atoms with van der Waals surface area (Å²) in [5.41, 5.74) is 1.44. The number of urea groups is 1. The van der Waals surface area contributed by atoms with Crippen molar-refractivity contribution < 1.29 is 28.5 Å². The molecule has 3 rings (SSSR count). The highest BCUT2D eigenvalue weighted by Crippen LogP contribution is 2.26. The van der Waals surface area contributed by atoms with Gasteiger partial charge in [0.25, 0.3) is 0 Å². The molecule has 0 aliphatic carbocycles. The lowest BCUT2D eigenvalue weighted by Gasteiger charge is -2.33. The summed E-state index contributed by atoms with van der Waals surface area (Å²) in [6, 6.07) is 6.49. The lowest BCUT2D eigenvalue weighted by atomic mass is 10.1. The first-order valence-corrected chi connectivity index (χ1v) is 12.3. The number of aromatic nitrogens is 2. The summed E-state index contributed by atoms with van der Waals surface area (Å²) in [6.45, 7) is 4.19. The van der Waals surface area contributed by atoms with E-state index in [4.69, 9.17) is 18.9 Å². The van der Waals surface area contributed by atoms with Gasteiger partial charge in [0, 0.05) is 54.1 Å². The zero-order valence-electron chi connectivity index (χ0n) is 23.1. The Morgan fingerprint density at radius 2 is 2.00 bits per heavy atom. The Morgan fingerprint density at radius 1 is 1.26 bits per heavy atom. The van der Waals surface area contributed by atoms with Gasteiger partial charge in [0.2, 0.25) is 12.2 Å². The normalized spacial score (nSPS) is 14.7. The highest BCUT2D eigenvalue weighted by molar-refractivity contribution is 6.00. The van der Waals surface area contributed by atoms with E-state index in [0.29, 0.717) is 37.8 Å². The number of amides is 3. The van der Waals surface area contributed by atoms with Crippen LogP contribution in [0.1, 0.15) is 30.0 Å². The van der Waals surface area contributed by atoms with E-state index in [1.54, 1.807) is 38.1 Å². The van der Waals surface area contributed by atoms with Gasteiger partial charge in [-0.1, -0.05) is 6.07 Å². The molecule has 1 atom stereocenters. The molecule has 0 spiro atoms. The molecule has 39 heavy (non-hydrogen) atoms. The number of carbonyl (C=O) groups excluding carboxylic acids is 2. The molecule has 0 aromatic carbocycles. The van der Waals surface area contributed by atoms with Crippen LogP contribution in [0.2, 0.25) is 0 Å². The minimum absolute atomic E-state index is 0.0246. The van der Waals surface area contributed by atoms with E-state index < -0.39 is 12.3 Å². The molecule has 0 radical (unpaired) electrons. The Bertz CT molecular complexity index is 1200. The predicted octanol–water partition coefficient (Wildman–Crippen LogP) is 2.00. The molecular formula is C26H35N7O6. The Hall–Kier alpha value is -3.83. The van der Waals surface area contributed by atoms with Gasteiger partial charge in [-0.25, -0.2) is 14.8 Å². The van der Waals surface area contributed by atoms with Crippen molar-refractivity contribution in [3.8, 4) is 11.8 Å². The van der Waals surface area contributed by atoms with Gasteiger partial charge in [-0.15, -0.1) is 0 Å². The topological polar surface area (TPSA) is 142 Å². The maximum absolute atomic E-state index is 13.1. The van der Waals surface area contributed by atoms with Crippen LogP contribution in [0.25, 0.3) is 0 Å². The number of nitrogens with zero attached hydrogens (tertiary/aromatic N) is 6. The van der Waals surface area contributed by atoms with Crippen LogP contribution in [0.3, 0.4) is 0 Å². The second-order valence-electron chi connectivity index (χ2n) is 9.12. The SMILES string of the molecule is COC[C@@H](C)Oc1cc(NC(=O)N(C)c2ccc(CN3CCN(C)CC3=O)c(C(OC)OC)n2)ncc1C#N. The summed E-state index contributed by atoms with van der Waals surface area (Å²) in [6.07, 6.45) is 0.220. The quantitative estimate of drug-likeness (QED) is 0.420. The van der Waals surface area contributed by atoms with Crippen LogP contribution in [0.15, 0.2) is 24.4 Å². The molecule has 1 saturated heterocycles. The van der Waals surface area contributed by atoms with Crippen molar-refractivity contribution in [2.75, 3.05) is 71.9 Å². The molecule has 1 fully saturated rings. The standard InChI is InChI=1S/C26H35N7O6/c1-17(16-36-4)39-20-11-21(28-13-19(20)12-27)29-26(35)32(3)22-8-7-18(24(30-22)25(37-5)38-6)14-33-10-9-31(2)15-23(33)34/h7-8,11,13,17,25H,9-10,14-16H2,1-6H3,(H,28,29,35)/t17-/m1/s1. The van der Waals surface area contributed by atoms with Gasteiger partial charge >= 0.3 is 6.03 Å². The number of rotatable bonds is 11. The van der Waals surface area contributed by atoms with Crippen molar-refractivity contribution >= 4 is 23.6 Å². The van der Waals surface area contributed by atoms with Crippen molar-refractivity contribution in [2.24, 2.45) is 0 Å². The van der Waals surface area contributed by atoms with E-state index in [1.807, 2.05) is 18.0 Å². The lowest BCUT2D eigenvalue weighted by molar-refractivity contribution is -0.136. The van der Waals surface area contributed by atoms with Crippen LogP contribution < -0.4 is 15.0 Å². The van der Waals surface area contributed by atoms with Gasteiger partial charge in [-0.2, -0.15) is 5.26 Å². The first-order valence-electron chi connectivity index (χ1n) is 12.3. The molecule has 1 aliphatic rings. The molecular weight excluding hydrogens is 506 g/mol. The van der Waals surface area contributed by atoms with Crippen molar-refractivity contribution in [1.29, 1.82) is 5.26 Å².